The van der Waals surface area contributed by atoms with Gasteiger partial charge in [-0.1, -0.05) is 39.0 Å². The summed E-state index contributed by atoms with van der Waals surface area (Å²) in [6.07, 6.45) is 0.448. The third-order valence-corrected chi connectivity index (χ3v) is 3.15. The first-order chi connectivity index (χ1) is 9.70. The van der Waals surface area contributed by atoms with E-state index in [-0.39, 0.29) is 23.9 Å². The second-order valence-corrected chi connectivity index (χ2v) is 6.23. The number of carboxylic acid groups (broad SMARTS) is 1. The summed E-state index contributed by atoms with van der Waals surface area (Å²) in [5, 5.41) is 14.2. The maximum absolute atomic E-state index is 12.0. The second kappa shape index (κ2) is 7.11. The van der Waals surface area contributed by atoms with Gasteiger partial charge in [-0.3, -0.25) is 4.79 Å². The molecule has 5 nitrogen and oxygen atoms in total. The minimum Gasteiger partial charge on any atom is -0.481 e. The highest BCUT2D eigenvalue weighted by molar-refractivity contribution is 5.90. The highest BCUT2D eigenvalue weighted by Gasteiger charge is 2.19. The van der Waals surface area contributed by atoms with Gasteiger partial charge in [-0.2, -0.15) is 0 Å². The zero-order valence-corrected chi connectivity index (χ0v) is 13.1. The summed E-state index contributed by atoms with van der Waals surface area (Å²) in [6, 6.07) is 7.16. The lowest BCUT2D eigenvalue weighted by molar-refractivity contribution is -0.137. The zero-order valence-electron chi connectivity index (χ0n) is 13.1. The Balaban J connectivity index is 2.65. The number of para-hydroxylation sites is 1. The van der Waals surface area contributed by atoms with Crippen LogP contribution in [0.4, 0.5) is 10.5 Å². The summed E-state index contributed by atoms with van der Waals surface area (Å²) in [6.45, 7) is 8.04. The van der Waals surface area contributed by atoms with E-state index in [0.29, 0.717) is 6.42 Å². The lowest BCUT2D eigenvalue weighted by Crippen LogP contribution is -2.36. The summed E-state index contributed by atoms with van der Waals surface area (Å²) in [7, 11) is 0. The van der Waals surface area contributed by atoms with Gasteiger partial charge in [-0.15, -0.1) is 0 Å². The fraction of sp³-hybridized carbons (Fsp3) is 0.500. The van der Waals surface area contributed by atoms with Crippen LogP contribution in [0.15, 0.2) is 24.3 Å². The summed E-state index contributed by atoms with van der Waals surface area (Å²) in [4.78, 5) is 22.5. The van der Waals surface area contributed by atoms with E-state index in [2.05, 4.69) is 31.4 Å². The van der Waals surface area contributed by atoms with Gasteiger partial charge in [-0.25, -0.2) is 4.79 Å². The number of hydrogen-bond acceptors (Lipinski definition) is 2. The van der Waals surface area contributed by atoms with Gasteiger partial charge >= 0.3 is 12.0 Å². The van der Waals surface area contributed by atoms with Crippen molar-refractivity contribution in [3.63, 3.8) is 0 Å². The van der Waals surface area contributed by atoms with Crippen LogP contribution in [0.2, 0.25) is 0 Å². The van der Waals surface area contributed by atoms with Crippen molar-refractivity contribution in [1.82, 2.24) is 5.32 Å². The molecule has 0 saturated carbocycles. The van der Waals surface area contributed by atoms with E-state index >= 15 is 0 Å². The molecule has 0 aliphatic rings. The molecule has 1 aromatic rings. The molecule has 0 spiro atoms. The molecule has 0 fully saturated rings. The molecule has 0 radical (unpaired) electrons. The Morgan fingerprint density at radius 3 is 2.43 bits per heavy atom. The molecule has 3 N–H and O–H groups in total. The van der Waals surface area contributed by atoms with Gasteiger partial charge < -0.3 is 15.7 Å². The molecule has 0 saturated heterocycles. The minimum atomic E-state index is -0.859. The molecule has 1 rings (SSSR count). The summed E-state index contributed by atoms with van der Waals surface area (Å²) in [5.41, 5.74) is 1.75. The summed E-state index contributed by atoms with van der Waals surface area (Å²) < 4.78 is 0. The number of nitrogens with one attached hydrogen (secondary N) is 2. The van der Waals surface area contributed by atoms with Gasteiger partial charge in [0, 0.05) is 18.2 Å². The average molecular weight is 292 g/mol. The number of benzene rings is 1. The van der Waals surface area contributed by atoms with Crippen LogP contribution in [0.1, 0.15) is 46.1 Å². The fourth-order valence-electron chi connectivity index (χ4n) is 2.04. The predicted octanol–water partition coefficient (Wildman–Crippen LogP) is 3.36. The molecule has 0 aromatic heterocycles. The first kappa shape index (κ1) is 17.0. The van der Waals surface area contributed by atoms with Gasteiger partial charge in [0.05, 0.1) is 0 Å². The van der Waals surface area contributed by atoms with Crippen molar-refractivity contribution in [2.24, 2.45) is 0 Å². The predicted molar refractivity (Wildman–Crippen MR) is 83.6 cm³/mol. The van der Waals surface area contributed by atoms with E-state index in [1.165, 1.54) is 0 Å². The molecule has 0 aliphatic carbocycles. The van der Waals surface area contributed by atoms with E-state index in [1.807, 2.05) is 24.3 Å². The van der Waals surface area contributed by atoms with Crippen LogP contribution in [0.5, 0.6) is 0 Å². The first-order valence-electron chi connectivity index (χ1n) is 7.09. The van der Waals surface area contributed by atoms with Crippen LogP contribution < -0.4 is 10.6 Å². The Kier molecular flexibility index (Phi) is 5.76. The largest absolute Gasteiger partial charge is 0.481 e. The van der Waals surface area contributed by atoms with Crippen molar-refractivity contribution in [1.29, 1.82) is 0 Å². The van der Waals surface area contributed by atoms with E-state index in [4.69, 9.17) is 5.11 Å². The monoisotopic (exact) mass is 292 g/mol. The van der Waals surface area contributed by atoms with Gasteiger partial charge in [-0.05, 0) is 30.4 Å². The molecule has 0 aliphatic heterocycles. The smallest absolute Gasteiger partial charge is 0.319 e. The number of aliphatic carboxylic acids is 1. The van der Waals surface area contributed by atoms with Crippen molar-refractivity contribution >= 4 is 17.7 Å². The molecular weight excluding hydrogens is 268 g/mol. The maximum atomic E-state index is 12.0. The van der Waals surface area contributed by atoms with Crippen LogP contribution in [0.25, 0.3) is 0 Å². The number of anilines is 1. The van der Waals surface area contributed by atoms with Crippen molar-refractivity contribution in [3.8, 4) is 0 Å². The Bertz CT molecular complexity index is 506. The molecule has 1 aromatic carbocycles. The van der Waals surface area contributed by atoms with Gasteiger partial charge in [0.2, 0.25) is 0 Å². The van der Waals surface area contributed by atoms with E-state index in [1.54, 1.807) is 6.92 Å². The number of hydrogen-bond donors (Lipinski definition) is 3. The van der Waals surface area contributed by atoms with Gasteiger partial charge in [0.1, 0.15) is 0 Å². The van der Waals surface area contributed by atoms with Crippen LogP contribution in [-0.2, 0) is 10.2 Å². The Morgan fingerprint density at radius 2 is 1.86 bits per heavy atom. The van der Waals surface area contributed by atoms with Crippen LogP contribution in [-0.4, -0.2) is 23.1 Å². The molecule has 0 heterocycles. The Morgan fingerprint density at radius 1 is 1.24 bits per heavy atom. The molecule has 2 amide bonds. The highest BCUT2D eigenvalue weighted by atomic mass is 16.4. The van der Waals surface area contributed by atoms with Crippen molar-refractivity contribution in [2.75, 3.05) is 5.32 Å². The van der Waals surface area contributed by atoms with Crippen molar-refractivity contribution < 1.29 is 14.7 Å². The topological polar surface area (TPSA) is 78.4 Å². The molecule has 1 atom stereocenters. The van der Waals surface area contributed by atoms with Crippen LogP contribution in [0, 0.1) is 0 Å². The number of urea groups is 1. The molecular formula is C16H24N2O3. The Hall–Kier alpha value is -2.04. The number of amides is 2. The lowest BCUT2D eigenvalue weighted by atomic mass is 9.86. The minimum absolute atomic E-state index is 0.0417. The van der Waals surface area contributed by atoms with E-state index in [0.717, 1.165) is 11.3 Å². The second-order valence-electron chi connectivity index (χ2n) is 6.23. The fourth-order valence-corrected chi connectivity index (χ4v) is 2.04. The molecule has 21 heavy (non-hydrogen) atoms. The Labute approximate surface area is 125 Å². The maximum Gasteiger partial charge on any atom is 0.319 e. The third kappa shape index (κ3) is 5.85. The summed E-state index contributed by atoms with van der Waals surface area (Å²) in [5.74, 6) is -0.859. The van der Waals surface area contributed by atoms with E-state index < -0.39 is 5.97 Å². The zero-order chi connectivity index (χ0) is 16.0. The standard InChI is InChI=1S/C16H24N2O3/c1-11(9-10-14(19)20)17-15(21)18-13-8-6-5-7-12(13)16(2,3)4/h5-8,11H,9-10H2,1-4H3,(H,19,20)(H2,17,18,21). The number of rotatable bonds is 5. The normalized spacial score (nSPS) is 12.6. The average Bonchev–Trinajstić information content (AvgIpc) is 2.35. The van der Waals surface area contributed by atoms with Crippen LogP contribution in [0.3, 0.4) is 0 Å². The van der Waals surface area contributed by atoms with Crippen molar-refractivity contribution in [3.05, 3.63) is 29.8 Å². The lowest BCUT2D eigenvalue weighted by Gasteiger charge is -2.23. The quantitative estimate of drug-likeness (QED) is 0.778. The SMILES string of the molecule is CC(CCC(=O)O)NC(=O)Nc1ccccc1C(C)(C)C. The molecule has 116 valence electrons. The van der Waals surface area contributed by atoms with Gasteiger partial charge in [0.15, 0.2) is 0 Å². The summed E-state index contributed by atoms with van der Waals surface area (Å²) >= 11 is 0. The van der Waals surface area contributed by atoms with Crippen LogP contribution >= 0.6 is 0 Å². The third-order valence-electron chi connectivity index (χ3n) is 3.15. The molecule has 0 bridgehead atoms. The molecule has 1 unspecified atom stereocenters. The number of carboxylic acids is 1. The number of carbonyl (C=O) groups excluding carboxylic acids is 1. The number of carbonyl (C=O) groups is 2. The van der Waals surface area contributed by atoms with E-state index in [9.17, 15) is 9.59 Å². The molecule has 5 heteroatoms. The highest BCUT2D eigenvalue weighted by Crippen LogP contribution is 2.29. The van der Waals surface area contributed by atoms with Crippen molar-refractivity contribution in [2.45, 2.75) is 52.0 Å². The van der Waals surface area contributed by atoms with Gasteiger partial charge in [0.25, 0.3) is 0 Å². The first-order valence-corrected chi connectivity index (χ1v) is 7.09.